The van der Waals surface area contributed by atoms with Crippen LogP contribution in [0.1, 0.15) is 38.5 Å². The smallest absolute Gasteiger partial charge is 0.265 e. The average molecular weight is 245 g/mol. The van der Waals surface area contributed by atoms with Gasteiger partial charge in [-0.15, -0.1) is 0 Å². The van der Waals surface area contributed by atoms with Gasteiger partial charge in [-0.25, -0.2) is 8.78 Å². The van der Waals surface area contributed by atoms with E-state index in [4.69, 9.17) is 0 Å². The number of amides is 1. The molecule has 1 saturated heterocycles. The van der Waals surface area contributed by atoms with Crippen LogP contribution in [0.4, 0.5) is 8.78 Å². The third kappa shape index (κ3) is 3.01. The molecular weight excluding hydrogens is 228 g/mol. The zero-order valence-electron chi connectivity index (χ0n) is 9.75. The summed E-state index contributed by atoms with van der Waals surface area (Å²) in [6, 6.07) is 0. The van der Waals surface area contributed by atoms with E-state index >= 15 is 0 Å². The van der Waals surface area contributed by atoms with Gasteiger partial charge >= 0.3 is 0 Å². The van der Waals surface area contributed by atoms with Crippen molar-refractivity contribution in [1.82, 2.24) is 4.90 Å². The van der Waals surface area contributed by atoms with E-state index < -0.39 is 12.5 Å². The number of hydrogen-bond donors (Lipinski definition) is 0. The van der Waals surface area contributed by atoms with Crippen LogP contribution in [0.2, 0.25) is 0 Å². The second kappa shape index (κ2) is 4.70. The summed E-state index contributed by atoms with van der Waals surface area (Å²) in [5.41, 5.74) is 0. The minimum absolute atomic E-state index is 0.125. The minimum atomic E-state index is -2.74. The highest BCUT2D eigenvalue weighted by atomic mass is 19.3. The Labute approximate surface area is 99.2 Å². The second-order valence-corrected chi connectivity index (χ2v) is 5.03. The van der Waals surface area contributed by atoms with E-state index in [9.17, 15) is 18.4 Å². The molecule has 2 rings (SSSR count). The van der Waals surface area contributed by atoms with Crippen LogP contribution in [-0.2, 0) is 9.59 Å². The first-order chi connectivity index (χ1) is 7.98. The molecule has 1 saturated carbocycles. The Morgan fingerprint density at radius 3 is 2.53 bits per heavy atom. The quantitative estimate of drug-likeness (QED) is 0.708. The molecule has 0 atom stereocenters. The molecule has 0 aromatic carbocycles. The largest absolute Gasteiger partial charge is 0.336 e. The molecule has 5 heteroatoms. The summed E-state index contributed by atoms with van der Waals surface area (Å²) in [7, 11) is 0. The van der Waals surface area contributed by atoms with Crippen LogP contribution >= 0.6 is 0 Å². The minimum Gasteiger partial charge on any atom is -0.336 e. The Balaban J connectivity index is 1.93. The molecule has 1 amide bonds. The first kappa shape index (κ1) is 12.5. The lowest BCUT2D eigenvalue weighted by Gasteiger charge is -2.35. The van der Waals surface area contributed by atoms with Gasteiger partial charge in [0, 0.05) is 31.7 Å². The summed E-state index contributed by atoms with van der Waals surface area (Å²) in [5.74, 6) is -2.96. The van der Waals surface area contributed by atoms with E-state index in [0.29, 0.717) is 38.6 Å². The lowest BCUT2D eigenvalue weighted by molar-refractivity contribution is -0.147. The normalized spacial score (nSPS) is 26.0. The van der Waals surface area contributed by atoms with Crippen LogP contribution in [-0.4, -0.2) is 35.6 Å². The maximum Gasteiger partial charge on any atom is 0.265 e. The number of likely N-dealkylation sites (tertiary alicyclic amines) is 1. The second-order valence-electron chi connectivity index (χ2n) is 5.03. The predicted octanol–water partition coefficient (Wildman–Crippen LogP) is 2.00. The lowest BCUT2D eigenvalue weighted by atomic mass is 9.87. The van der Waals surface area contributed by atoms with E-state index in [2.05, 4.69) is 0 Å². The fourth-order valence-electron chi connectivity index (χ4n) is 2.60. The molecule has 0 aromatic rings. The molecule has 0 radical (unpaired) electrons. The molecule has 2 aliphatic rings. The van der Waals surface area contributed by atoms with Gasteiger partial charge in [-0.3, -0.25) is 9.59 Å². The topological polar surface area (TPSA) is 37.4 Å². The fraction of sp³-hybridized carbons (Fsp3) is 0.833. The van der Waals surface area contributed by atoms with E-state index in [1.165, 1.54) is 4.90 Å². The van der Waals surface area contributed by atoms with Gasteiger partial charge in [-0.2, -0.15) is 0 Å². The number of nitrogens with zero attached hydrogens (tertiary/aromatic N) is 1. The highest BCUT2D eigenvalue weighted by Gasteiger charge is 2.39. The fourth-order valence-corrected chi connectivity index (χ4v) is 2.60. The molecular formula is C12H17F2NO2. The van der Waals surface area contributed by atoms with Crippen LogP contribution < -0.4 is 0 Å². The van der Waals surface area contributed by atoms with E-state index in [-0.39, 0.29) is 24.0 Å². The van der Waals surface area contributed by atoms with Gasteiger partial charge in [0.2, 0.25) is 5.91 Å². The van der Waals surface area contributed by atoms with Crippen molar-refractivity contribution in [3.8, 4) is 0 Å². The number of hydrogen-bond acceptors (Lipinski definition) is 2. The van der Waals surface area contributed by atoms with Crippen LogP contribution in [0, 0.1) is 5.92 Å². The van der Waals surface area contributed by atoms with E-state index in [0.717, 1.165) is 0 Å². The molecule has 0 bridgehead atoms. The highest BCUT2D eigenvalue weighted by molar-refractivity contribution is 5.84. The van der Waals surface area contributed by atoms with Crippen molar-refractivity contribution >= 4 is 11.7 Å². The molecule has 1 aliphatic heterocycles. The van der Waals surface area contributed by atoms with Gasteiger partial charge in [0.15, 0.2) is 0 Å². The van der Waals surface area contributed by atoms with Gasteiger partial charge in [0.1, 0.15) is 5.78 Å². The molecule has 0 unspecified atom stereocenters. The van der Waals surface area contributed by atoms with Crippen LogP contribution in [0.25, 0.3) is 0 Å². The van der Waals surface area contributed by atoms with Crippen LogP contribution in [0.5, 0.6) is 0 Å². The Morgan fingerprint density at radius 2 is 1.94 bits per heavy atom. The summed E-state index contributed by atoms with van der Waals surface area (Å²) in [6.45, 7) is -0.0187. The summed E-state index contributed by atoms with van der Waals surface area (Å²) < 4.78 is 26.4. The van der Waals surface area contributed by atoms with Crippen molar-refractivity contribution in [2.75, 3.05) is 13.1 Å². The molecule has 0 aromatic heterocycles. The lowest BCUT2D eigenvalue weighted by Crippen LogP contribution is -2.48. The number of rotatable bonds is 1. The molecule has 3 nitrogen and oxygen atoms in total. The number of piperidine rings is 1. The highest BCUT2D eigenvalue weighted by Crippen LogP contribution is 2.30. The summed E-state index contributed by atoms with van der Waals surface area (Å²) in [6.07, 6.45) is 2.13. The Hall–Kier alpha value is -1.00. The Kier molecular flexibility index (Phi) is 3.45. The Morgan fingerprint density at radius 1 is 1.29 bits per heavy atom. The summed E-state index contributed by atoms with van der Waals surface area (Å²) in [4.78, 5) is 24.4. The Bertz CT molecular complexity index is 320. The van der Waals surface area contributed by atoms with Gasteiger partial charge < -0.3 is 4.90 Å². The molecule has 1 aliphatic carbocycles. The molecule has 1 heterocycles. The molecule has 96 valence electrons. The standard InChI is InChI=1S/C12H17F2NO2/c13-12(14)6-1-7-15(8-12)11(17)9-2-4-10(16)5-3-9/h9H,1-8H2. The first-order valence-corrected chi connectivity index (χ1v) is 6.16. The van der Waals surface area contributed by atoms with Crippen molar-refractivity contribution < 1.29 is 18.4 Å². The van der Waals surface area contributed by atoms with Crippen molar-refractivity contribution in [1.29, 1.82) is 0 Å². The zero-order valence-corrected chi connectivity index (χ0v) is 9.75. The van der Waals surface area contributed by atoms with Gasteiger partial charge in [0.05, 0.1) is 6.54 Å². The molecule has 2 fully saturated rings. The zero-order chi connectivity index (χ0) is 12.5. The maximum absolute atomic E-state index is 13.2. The summed E-state index contributed by atoms with van der Waals surface area (Å²) in [5, 5.41) is 0. The maximum atomic E-state index is 13.2. The average Bonchev–Trinajstić information content (AvgIpc) is 2.28. The monoisotopic (exact) mass is 245 g/mol. The SMILES string of the molecule is O=C1CCC(C(=O)N2CCCC(F)(F)C2)CC1. The third-order valence-corrected chi connectivity index (χ3v) is 3.60. The van der Waals surface area contributed by atoms with E-state index in [1.54, 1.807) is 0 Å². The van der Waals surface area contributed by atoms with Crippen LogP contribution in [0.3, 0.4) is 0 Å². The molecule has 17 heavy (non-hydrogen) atoms. The number of ketones is 1. The first-order valence-electron chi connectivity index (χ1n) is 6.16. The van der Waals surface area contributed by atoms with Crippen molar-refractivity contribution in [3.63, 3.8) is 0 Å². The molecule has 0 N–H and O–H groups in total. The van der Waals surface area contributed by atoms with E-state index in [1.807, 2.05) is 0 Å². The molecule has 0 spiro atoms. The van der Waals surface area contributed by atoms with Gasteiger partial charge in [0.25, 0.3) is 5.92 Å². The number of alkyl halides is 2. The summed E-state index contributed by atoms with van der Waals surface area (Å²) >= 11 is 0. The number of carbonyl (C=O) groups excluding carboxylic acids is 2. The number of Topliss-reactive ketones (excluding diaryl/α,β-unsaturated/α-hetero) is 1. The van der Waals surface area contributed by atoms with Crippen molar-refractivity contribution in [2.45, 2.75) is 44.4 Å². The third-order valence-electron chi connectivity index (χ3n) is 3.60. The van der Waals surface area contributed by atoms with Crippen LogP contribution in [0.15, 0.2) is 0 Å². The van der Waals surface area contributed by atoms with Gasteiger partial charge in [-0.1, -0.05) is 0 Å². The number of halogens is 2. The van der Waals surface area contributed by atoms with Crippen molar-refractivity contribution in [2.24, 2.45) is 5.92 Å². The van der Waals surface area contributed by atoms with Crippen molar-refractivity contribution in [3.05, 3.63) is 0 Å². The number of carbonyl (C=O) groups is 2. The van der Waals surface area contributed by atoms with Gasteiger partial charge in [-0.05, 0) is 19.3 Å². The predicted molar refractivity (Wildman–Crippen MR) is 57.7 cm³/mol.